The van der Waals surface area contributed by atoms with Gasteiger partial charge < -0.3 is 14.7 Å². The fourth-order valence-electron chi connectivity index (χ4n) is 3.57. The Morgan fingerprint density at radius 1 is 1.09 bits per heavy atom. The minimum atomic E-state index is -0.641. The van der Waals surface area contributed by atoms with Crippen molar-refractivity contribution in [1.82, 2.24) is 9.97 Å². The molecule has 2 N–H and O–H groups in total. The molecule has 0 saturated carbocycles. The number of halogens is 1. The molecule has 0 spiro atoms. The number of benzene rings is 2. The van der Waals surface area contributed by atoms with Gasteiger partial charge in [0.15, 0.2) is 0 Å². The molecule has 0 atom stereocenters. The van der Waals surface area contributed by atoms with Crippen LogP contribution in [0.25, 0.3) is 32.6 Å². The highest BCUT2D eigenvalue weighted by atomic mass is 35.5. The maximum absolute atomic E-state index is 12.9. The summed E-state index contributed by atoms with van der Waals surface area (Å²) in [5.41, 5.74) is 1.64. The first-order chi connectivity index (χ1) is 15.8. The fourth-order valence-corrected chi connectivity index (χ4v) is 4.83. The molecule has 0 fully saturated rings. The third kappa shape index (κ3) is 3.83. The van der Waals surface area contributed by atoms with Crippen LogP contribution in [0.4, 0.5) is 5.69 Å². The summed E-state index contributed by atoms with van der Waals surface area (Å²) in [6.45, 7) is 3.66. The summed E-state index contributed by atoms with van der Waals surface area (Å²) in [5, 5.41) is 4.23. The molecule has 0 aliphatic rings. The van der Waals surface area contributed by atoms with E-state index in [9.17, 15) is 14.4 Å². The Bertz CT molecular complexity index is 1680. The summed E-state index contributed by atoms with van der Waals surface area (Å²) in [6.07, 6.45) is 0. The average molecular weight is 478 g/mol. The average Bonchev–Trinajstić information content (AvgIpc) is 3.12. The van der Waals surface area contributed by atoms with Crippen LogP contribution in [-0.4, -0.2) is 15.9 Å². The summed E-state index contributed by atoms with van der Waals surface area (Å²) in [4.78, 5) is 46.1. The normalized spacial score (nSPS) is 11.2. The minimum absolute atomic E-state index is 0.0647. The Morgan fingerprint density at radius 2 is 1.85 bits per heavy atom. The predicted octanol–water partition coefficient (Wildman–Crippen LogP) is 5.28. The van der Waals surface area contributed by atoms with Crippen LogP contribution in [0.5, 0.6) is 0 Å². The van der Waals surface area contributed by atoms with Gasteiger partial charge in [0.25, 0.3) is 11.5 Å². The molecular weight excluding hydrogens is 462 g/mol. The van der Waals surface area contributed by atoms with Gasteiger partial charge in [-0.3, -0.25) is 9.59 Å². The van der Waals surface area contributed by atoms with Gasteiger partial charge in [0.05, 0.1) is 10.3 Å². The molecular formula is C24H16ClN3O4S. The second kappa shape index (κ2) is 7.99. The SMILES string of the molecule is Cc1ccc(NC(=O)c2sc3nc(-c4cc5cc(Cl)ccc5oc4=O)[nH]c(=O)c3c2C)cc1. The van der Waals surface area contributed by atoms with Gasteiger partial charge in [-0.05, 0) is 55.8 Å². The van der Waals surface area contributed by atoms with E-state index in [-0.39, 0.29) is 17.3 Å². The molecule has 0 aliphatic heterocycles. The van der Waals surface area contributed by atoms with Crippen molar-refractivity contribution in [3.63, 3.8) is 0 Å². The molecule has 0 aliphatic carbocycles. The topological polar surface area (TPSA) is 105 Å². The third-order valence-electron chi connectivity index (χ3n) is 5.27. The molecule has 0 saturated heterocycles. The second-order valence-electron chi connectivity index (χ2n) is 7.60. The largest absolute Gasteiger partial charge is 0.422 e. The van der Waals surface area contributed by atoms with Crippen molar-refractivity contribution in [3.05, 3.63) is 90.3 Å². The molecule has 0 radical (unpaired) electrons. The summed E-state index contributed by atoms with van der Waals surface area (Å²) < 4.78 is 5.36. The van der Waals surface area contributed by atoms with Crippen molar-refractivity contribution in [1.29, 1.82) is 0 Å². The summed E-state index contributed by atoms with van der Waals surface area (Å²) >= 11 is 7.14. The van der Waals surface area contributed by atoms with Crippen LogP contribution < -0.4 is 16.5 Å². The molecule has 3 aromatic heterocycles. The molecule has 0 unspecified atom stereocenters. The first-order valence-electron chi connectivity index (χ1n) is 9.95. The number of fused-ring (bicyclic) bond motifs is 2. The van der Waals surface area contributed by atoms with Gasteiger partial charge in [-0.25, -0.2) is 9.78 Å². The van der Waals surface area contributed by atoms with Crippen molar-refractivity contribution in [2.75, 3.05) is 5.32 Å². The number of H-pyrrole nitrogens is 1. The Labute approximate surface area is 195 Å². The number of aromatic nitrogens is 2. The number of hydrogen-bond acceptors (Lipinski definition) is 6. The van der Waals surface area contributed by atoms with Crippen LogP contribution in [0.2, 0.25) is 5.02 Å². The van der Waals surface area contributed by atoms with E-state index >= 15 is 0 Å². The van der Waals surface area contributed by atoms with Crippen LogP contribution >= 0.6 is 22.9 Å². The maximum atomic E-state index is 12.9. The Balaban J connectivity index is 1.60. The number of thiophene rings is 1. The molecule has 0 bridgehead atoms. The summed E-state index contributed by atoms with van der Waals surface area (Å²) in [7, 11) is 0. The zero-order valence-corrected chi connectivity index (χ0v) is 19.1. The lowest BCUT2D eigenvalue weighted by Crippen LogP contribution is -2.14. The maximum Gasteiger partial charge on any atom is 0.347 e. The lowest BCUT2D eigenvalue weighted by molar-refractivity contribution is 0.103. The van der Waals surface area contributed by atoms with Gasteiger partial charge in [-0.2, -0.15) is 0 Å². The van der Waals surface area contributed by atoms with E-state index in [0.717, 1.165) is 16.9 Å². The van der Waals surface area contributed by atoms with Gasteiger partial charge in [0.2, 0.25) is 0 Å². The molecule has 164 valence electrons. The molecule has 7 nitrogen and oxygen atoms in total. The van der Waals surface area contributed by atoms with E-state index in [1.54, 1.807) is 31.2 Å². The van der Waals surface area contributed by atoms with Gasteiger partial charge >= 0.3 is 5.63 Å². The summed E-state index contributed by atoms with van der Waals surface area (Å²) in [5.74, 6) is -0.268. The summed E-state index contributed by atoms with van der Waals surface area (Å²) in [6, 6.07) is 13.9. The number of amides is 1. The van der Waals surface area contributed by atoms with E-state index in [4.69, 9.17) is 16.0 Å². The molecule has 1 amide bonds. The number of aryl methyl sites for hydroxylation is 2. The minimum Gasteiger partial charge on any atom is -0.422 e. The monoisotopic (exact) mass is 477 g/mol. The highest BCUT2D eigenvalue weighted by molar-refractivity contribution is 7.20. The number of hydrogen-bond donors (Lipinski definition) is 2. The Morgan fingerprint density at radius 3 is 2.61 bits per heavy atom. The number of carbonyl (C=O) groups is 1. The molecule has 3 heterocycles. The van der Waals surface area contributed by atoms with Crippen LogP contribution in [-0.2, 0) is 0 Å². The first kappa shape index (κ1) is 21.1. The second-order valence-corrected chi connectivity index (χ2v) is 9.04. The molecule has 9 heteroatoms. The Hall–Kier alpha value is -3.75. The number of nitrogens with one attached hydrogen (secondary N) is 2. The van der Waals surface area contributed by atoms with E-state index in [1.165, 1.54) is 0 Å². The highest BCUT2D eigenvalue weighted by Gasteiger charge is 2.21. The van der Waals surface area contributed by atoms with Crippen LogP contribution in [0.3, 0.4) is 0 Å². The lowest BCUT2D eigenvalue weighted by atomic mass is 10.1. The van der Waals surface area contributed by atoms with Crippen molar-refractivity contribution in [2.24, 2.45) is 0 Å². The van der Waals surface area contributed by atoms with E-state index in [1.807, 2.05) is 31.2 Å². The van der Waals surface area contributed by atoms with Crippen molar-refractivity contribution < 1.29 is 9.21 Å². The molecule has 2 aromatic carbocycles. The van der Waals surface area contributed by atoms with Crippen LogP contribution in [0, 0.1) is 13.8 Å². The zero-order valence-electron chi connectivity index (χ0n) is 17.5. The van der Waals surface area contributed by atoms with Crippen molar-refractivity contribution >= 4 is 55.7 Å². The lowest BCUT2D eigenvalue weighted by Gasteiger charge is -2.04. The van der Waals surface area contributed by atoms with Gasteiger partial charge in [-0.1, -0.05) is 29.3 Å². The predicted molar refractivity (Wildman–Crippen MR) is 131 cm³/mol. The van der Waals surface area contributed by atoms with Crippen LogP contribution in [0.1, 0.15) is 20.8 Å². The van der Waals surface area contributed by atoms with E-state index < -0.39 is 11.2 Å². The number of aromatic amines is 1. The van der Waals surface area contributed by atoms with Crippen molar-refractivity contribution in [2.45, 2.75) is 13.8 Å². The van der Waals surface area contributed by atoms with E-state index in [0.29, 0.717) is 42.3 Å². The third-order valence-corrected chi connectivity index (χ3v) is 6.69. The number of nitrogens with zero attached hydrogens (tertiary/aromatic N) is 1. The molecule has 5 aromatic rings. The number of carbonyl (C=O) groups excluding carboxylic acids is 1. The van der Waals surface area contributed by atoms with Gasteiger partial charge in [0.1, 0.15) is 21.8 Å². The Kier molecular flexibility index (Phi) is 5.11. The quantitative estimate of drug-likeness (QED) is 0.344. The standard InChI is InChI=1S/C24H16ClN3O4S/c1-11-3-6-15(7-4-11)26-22(30)19-12(2)18-21(29)27-20(28-23(18)33-19)16-10-13-9-14(25)5-8-17(13)32-24(16)31/h3-10H,1-2H3,(H,26,30)(H,27,28,29). The molecule has 33 heavy (non-hydrogen) atoms. The molecule has 5 rings (SSSR count). The highest BCUT2D eigenvalue weighted by Crippen LogP contribution is 2.29. The van der Waals surface area contributed by atoms with Gasteiger partial charge in [-0.15, -0.1) is 11.3 Å². The van der Waals surface area contributed by atoms with Crippen LogP contribution in [0.15, 0.2) is 62.5 Å². The number of rotatable bonds is 3. The van der Waals surface area contributed by atoms with E-state index in [2.05, 4.69) is 15.3 Å². The van der Waals surface area contributed by atoms with Crippen molar-refractivity contribution in [3.8, 4) is 11.4 Å². The smallest absolute Gasteiger partial charge is 0.347 e. The van der Waals surface area contributed by atoms with Gasteiger partial charge in [0, 0.05) is 16.1 Å². The first-order valence-corrected chi connectivity index (χ1v) is 11.1. The zero-order chi connectivity index (χ0) is 23.3. The fraction of sp³-hybridized carbons (Fsp3) is 0.0833. The number of anilines is 1.